The van der Waals surface area contributed by atoms with Gasteiger partial charge in [-0.3, -0.25) is 0 Å². The second-order valence-electron chi connectivity index (χ2n) is 11.3. The molecule has 42 heavy (non-hydrogen) atoms. The molecule has 0 fully saturated rings. The van der Waals surface area contributed by atoms with Crippen molar-refractivity contribution in [3.63, 3.8) is 0 Å². The van der Waals surface area contributed by atoms with Crippen molar-refractivity contribution in [3.05, 3.63) is 180 Å². The van der Waals surface area contributed by atoms with E-state index in [-0.39, 0.29) is 12.0 Å². The van der Waals surface area contributed by atoms with E-state index in [1.54, 1.807) is 0 Å². The monoisotopic (exact) mass is 540 g/mol. The third-order valence-electron chi connectivity index (χ3n) is 8.88. The number of allylic oxidation sites excluding steroid dienone is 7. The van der Waals surface area contributed by atoms with Crippen molar-refractivity contribution >= 4 is 34.9 Å². The molecule has 3 atom stereocenters. The predicted octanol–water partition coefficient (Wildman–Crippen LogP) is 10.1. The lowest BCUT2D eigenvalue weighted by atomic mass is 9.68. The molecule has 0 saturated heterocycles. The van der Waals surface area contributed by atoms with Crippen LogP contribution in [0.4, 0.5) is 22.7 Å². The third kappa shape index (κ3) is 4.11. The normalized spacial score (nSPS) is 20.9. The summed E-state index contributed by atoms with van der Waals surface area (Å²) in [6, 6.07) is 37.3. The summed E-state index contributed by atoms with van der Waals surface area (Å²) < 4.78 is 0. The molecule has 2 nitrogen and oxygen atoms in total. The number of benzene rings is 4. The minimum Gasteiger partial charge on any atom is -0.334 e. The van der Waals surface area contributed by atoms with Crippen LogP contribution in [0.15, 0.2) is 163 Å². The molecule has 4 aliphatic rings. The number of para-hydroxylation sites is 3. The lowest BCUT2D eigenvalue weighted by molar-refractivity contribution is 0.654. The van der Waals surface area contributed by atoms with Gasteiger partial charge in [0.1, 0.15) is 0 Å². The summed E-state index contributed by atoms with van der Waals surface area (Å²) in [6.45, 7) is 0. The summed E-state index contributed by atoms with van der Waals surface area (Å²) >= 11 is 0. The molecule has 8 rings (SSSR count). The lowest BCUT2D eigenvalue weighted by Crippen LogP contribution is -2.32. The van der Waals surface area contributed by atoms with Crippen molar-refractivity contribution in [1.29, 1.82) is 0 Å². The minimum absolute atomic E-state index is 0.263. The van der Waals surface area contributed by atoms with Gasteiger partial charge in [0, 0.05) is 45.8 Å². The summed E-state index contributed by atoms with van der Waals surface area (Å²) in [7, 11) is 0. The molecule has 0 aliphatic heterocycles. The van der Waals surface area contributed by atoms with Crippen LogP contribution in [0.3, 0.4) is 0 Å². The maximum atomic E-state index is 2.53. The van der Waals surface area contributed by atoms with E-state index in [4.69, 9.17) is 0 Å². The number of rotatable bonds is 6. The van der Waals surface area contributed by atoms with Gasteiger partial charge in [0.05, 0.1) is 6.04 Å². The van der Waals surface area contributed by atoms with Crippen LogP contribution in [0.1, 0.15) is 29.0 Å². The highest BCUT2D eigenvalue weighted by molar-refractivity contribution is 5.86. The molecule has 0 radical (unpaired) electrons. The second kappa shape index (κ2) is 10.4. The van der Waals surface area contributed by atoms with Gasteiger partial charge in [-0.05, 0) is 71.7 Å². The van der Waals surface area contributed by atoms with Gasteiger partial charge in [-0.1, -0.05) is 115 Å². The Hall–Kier alpha value is -5.08. The molecule has 3 unspecified atom stereocenters. The molecule has 4 aliphatic carbocycles. The van der Waals surface area contributed by atoms with Crippen LogP contribution in [0.5, 0.6) is 0 Å². The molecule has 4 aromatic carbocycles. The van der Waals surface area contributed by atoms with E-state index < -0.39 is 0 Å². The van der Waals surface area contributed by atoms with Gasteiger partial charge in [0.25, 0.3) is 0 Å². The Labute approximate surface area is 248 Å². The van der Waals surface area contributed by atoms with Crippen LogP contribution in [0.25, 0.3) is 12.2 Å². The van der Waals surface area contributed by atoms with E-state index in [0.29, 0.717) is 5.92 Å². The van der Waals surface area contributed by atoms with E-state index in [0.717, 1.165) is 6.42 Å². The van der Waals surface area contributed by atoms with E-state index in [1.807, 2.05) is 0 Å². The first-order valence-electron chi connectivity index (χ1n) is 14.9. The Balaban J connectivity index is 1.31. The van der Waals surface area contributed by atoms with Gasteiger partial charge < -0.3 is 9.80 Å². The largest absolute Gasteiger partial charge is 0.334 e. The van der Waals surface area contributed by atoms with Crippen LogP contribution < -0.4 is 9.80 Å². The fraction of sp³-hybridized carbons (Fsp3) is 0.100. The Morgan fingerprint density at radius 1 is 0.571 bits per heavy atom. The summed E-state index contributed by atoms with van der Waals surface area (Å²) in [5, 5.41) is 0. The van der Waals surface area contributed by atoms with Gasteiger partial charge in [-0.15, -0.1) is 0 Å². The smallest absolute Gasteiger partial charge is 0.0560 e. The van der Waals surface area contributed by atoms with E-state index >= 15 is 0 Å². The Bertz CT molecular complexity index is 1770. The predicted molar refractivity (Wildman–Crippen MR) is 177 cm³/mol. The molecule has 0 heterocycles. The van der Waals surface area contributed by atoms with Gasteiger partial charge in [0.2, 0.25) is 0 Å². The van der Waals surface area contributed by atoms with Crippen molar-refractivity contribution in [2.75, 3.05) is 9.80 Å². The van der Waals surface area contributed by atoms with Crippen LogP contribution in [-0.2, 0) is 0 Å². The molecule has 0 N–H and O–H groups in total. The maximum absolute atomic E-state index is 2.53. The summed E-state index contributed by atoms with van der Waals surface area (Å²) in [6.07, 6.45) is 24.2. The molecule has 202 valence electrons. The molecule has 0 saturated carbocycles. The fourth-order valence-electron chi connectivity index (χ4n) is 7.04. The van der Waals surface area contributed by atoms with Crippen molar-refractivity contribution in [1.82, 2.24) is 0 Å². The molecular formula is C40H32N2. The van der Waals surface area contributed by atoms with Crippen LogP contribution in [0.2, 0.25) is 0 Å². The van der Waals surface area contributed by atoms with E-state index in [2.05, 4.69) is 174 Å². The molecule has 4 aromatic rings. The molecule has 0 bridgehead atoms. The first-order valence-corrected chi connectivity index (χ1v) is 14.9. The Morgan fingerprint density at radius 2 is 1.24 bits per heavy atom. The standard InChI is InChI=1S/C40H32N2/c1-5-13-31(14-6-1)41(32-15-7-2-8-16-32)37-27-23-29-22-26-36-38(28-24-30-21-25-35(37)39(29)40(30)36)42(33-17-9-3-10-18-33)34-19-11-4-12-20-34/h1-19,21-29,34,39H,20H2. The molecule has 0 aromatic heterocycles. The zero-order valence-corrected chi connectivity index (χ0v) is 23.4. The van der Waals surface area contributed by atoms with E-state index in [1.165, 1.54) is 50.7 Å². The highest BCUT2D eigenvalue weighted by Gasteiger charge is 2.38. The minimum atomic E-state index is 0.263. The summed E-state index contributed by atoms with van der Waals surface area (Å²) in [5.74, 6) is 0.588. The van der Waals surface area contributed by atoms with Crippen molar-refractivity contribution in [3.8, 4) is 0 Å². The average Bonchev–Trinajstić information content (AvgIpc) is 3.07. The quantitative estimate of drug-likeness (QED) is 0.240. The van der Waals surface area contributed by atoms with Gasteiger partial charge in [-0.25, -0.2) is 0 Å². The number of nitrogens with zero attached hydrogens (tertiary/aromatic N) is 2. The van der Waals surface area contributed by atoms with E-state index in [9.17, 15) is 0 Å². The lowest BCUT2D eigenvalue weighted by Gasteiger charge is -2.41. The SMILES string of the molecule is C1=CCC(N(c2ccccc2)c2ccc3c4c2C=CC2C=CC(N(c5ccccc5)c5ccccc5)=C(C=C3)C42)C=C1. The van der Waals surface area contributed by atoms with Crippen LogP contribution in [-0.4, -0.2) is 6.04 Å². The Morgan fingerprint density at radius 3 is 1.90 bits per heavy atom. The average molecular weight is 541 g/mol. The Kier molecular flexibility index (Phi) is 6.11. The summed E-state index contributed by atoms with van der Waals surface area (Å²) in [4.78, 5) is 4.94. The van der Waals surface area contributed by atoms with Gasteiger partial charge in [-0.2, -0.15) is 0 Å². The zero-order chi connectivity index (χ0) is 27.9. The number of anilines is 4. The molecule has 0 spiro atoms. The first kappa shape index (κ1) is 24.7. The van der Waals surface area contributed by atoms with Crippen LogP contribution >= 0.6 is 0 Å². The van der Waals surface area contributed by atoms with Crippen LogP contribution in [0, 0.1) is 5.92 Å². The third-order valence-corrected chi connectivity index (χ3v) is 8.88. The van der Waals surface area contributed by atoms with Crippen molar-refractivity contribution < 1.29 is 0 Å². The molecular weight excluding hydrogens is 508 g/mol. The topological polar surface area (TPSA) is 6.48 Å². The number of hydrogen-bond acceptors (Lipinski definition) is 2. The molecule has 2 heteroatoms. The second-order valence-corrected chi connectivity index (χ2v) is 11.3. The summed E-state index contributed by atoms with van der Waals surface area (Å²) in [5.41, 5.74) is 11.5. The fourth-order valence-corrected chi connectivity index (χ4v) is 7.04. The molecule has 0 amide bonds. The van der Waals surface area contributed by atoms with Gasteiger partial charge in [0.15, 0.2) is 0 Å². The highest BCUT2D eigenvalue weighted by Crippen LogP contribution is 2.52. The van der Waals surface area contributed by atoms with Crippen molar-refractivity contribution in [2.45, 2.75) is 18.4 Å². The van der Waals surface area contributed by atoms with Gasteiger partial charge >= 0.3 is 0 Å². The maximum Gasteiger partial charge on any atom is 0.0560 e. The first-order chi connectivity index (χ1) is 20.9. The zero-order valence-electron chi connectivity index (χ0n) is 23.4. The van der Waals surface area contributed by atoms with Crippen molar-refractivity contribution in [2.24, 2.45) is 5.92 Å². The number of hydrogen-bond donors (Lipinski definition) is 0. The highest BCUT2D eigenvalue weighted by atomic mass is 15.2.